The largest absolute Gasteiger partial charge is 0.340 e. The molecular formula is C16H21N5O3S2. The Labute approximate surface area is 156 Å². The van der Waals surface area contributed by atoms with Crippen LogP contribution in [0.4, 0.5) is 0 Å². The lowest BCUT2D eigenvalue weighted by atomic mass is 9.98. The average molecular weight is 396 g/mol. The number of sulfonamides is 1. The van der Waals surface area contributed by atoms with Gasteiger partial charge in [0.05, 0.1) is 17.6 Å². The fourth-order valence-corrected chi connectivity index (χ4v) is 5.77. The molecule has 2 aliphatic heterocycles. The summed E-state index contributed by atoms with van der Waals surface area (Å²) in [6.45, 7) is 3.16. The predicted octanol–water partition coefficient (Wildman–Crippen LogP) is 0.524. The van der Waals surface area contributed by atoms with Crippen molar-refractivity contribution in [3.05, 3.63) is 18.2 Å². The molecule has 1 N–H and O–H groups in total. The molecule has 8 nitrogen and oxygen atoms in total. The van der Waals surface area contributed by atoms with Crippen LogP contribution in [0.5, 0.6) is 0 Å². The highest BCUT2D eigenvalue weighted by atomic mass is 32.2. The number of carbonyl (C=O) groups excluding carboxylic acids is 1. The standard InChI is InChI=1S/C16H21N5O3S2/c22-16(12-3-2-6-17-11-12)20-7-9-21(10-8-20)26(23,24)14-5-1-4-13-15(14)19-25-18-13/h1,4-5,12,17H,2-3,6-11H2. The van der Waals surface area contributed by atoms with E-state index in [4.69, 9.17) is 0 Å². The molecule has 1 aromatic carbocycles. The quantitative estimate of drug-likeness (QED) is 0.814. The van der Waals surface area contributed by atoms with Crippen molar-refractivity contribution in [2.24, 2.45) is 5.92 Å². The summed E-state index contributed by atoms with van der Waals surface area (Å²) in [5.74, 6) is 0.154. The number of piperazine rings is 1. The lowest BCUT2D eigenvalue weighted by molar-refractivity contribution is -0.137. The number of fused-ring (bicyclic) bond motifs is 1. The monoisotopic (exact) mass is 395 g/mol. The average Bonchev–Trinajstić information content (AvgIpc) is 3.17. The molecule has 0 saturated carbocycles. The van der Waals surface area contributed by atoms with E-state index in [1.807, 2.05) is 0 Å². The molecule has 0 radical (unpaired) electrons. The van der Waals surface area contributed by atoms with Gasteiger partial charge >= 0.3 is 0 Å². The second-order valence-electron chi connectivity index (χ2n) is 6.66. The van der Waals surface area contributed by atoms with Gasteiger partial charge in [0, 0.05) is 32.7 Å². The summed E-state index contributed by atoms with van der Waals surface area (Å²) in [6, 6.07) is 5.02. The first kappa shape index (κ1) is 17.8. The fourth-order valence-electron chi connectivity index (χ4n) is 3.60. The predicted molar refractivity (Wildman–Crippen MR) is 98.3 cm³/mol. The Morgan fingerprint density at radius 1 is 1.19 bits per heavy atom. The number of benzene rings is 1. The smallest absolute Gasteiger partial charge is 0.245 e. The van der Waals surface area contributed by atoms with Gasteiger partial charge in [-0.1, -0.05) is 6.07 Å². The maximum atomic E-state index is 13.0. The van der Waals surface area contributed by atoms with Crippen LogP contribution in [0, 0.1) is 5.92 Å². The Bertz CT molecular complexity index is 900. The summed E-state index contributed by atoms with van der Waals surface area (Å²) in [6.07, 6.45) is 1.92. The Balaban J connectivity index is 1.47. The van der Waals surface area contributed by atoms with Gasteiger partial charge in [-0.25, -0.2) is 8.42 Å². The van der Waals surface area contributed by atoms with Crippen molar-refractivity contribution in [2.45, 2.75) is 17.7 Å². The number of nitrogens with one attached hydrogen (secondary N) is 1. The van der Waals surface area contributed by atoms with Crippen LogP contribution in [0.3, 0.4) is 0 Å². The molecule has 1 unspecified atom stereocenters. The number of carbonyl (C=O) groups is 1. The second-order valence-corrected chi connectivity index (χ2v) is 9.10. The highest BCUT2D eigenvalue weighted by molar-refractivity contribution is 7.89. The second kappa shape index (κ2) is 7.18. The van der Waals surface area contributed by atoms with Crippen molar-refractivity contribution in [1.29, 1.82) is 0 Å². The van der Waals surface area contributed by atoms with Crippen molar-refractivity contribution >= 4 is 38.7 Å². The molecule has 2 saturated heterocycles. The molecule has 1 amide bonds. The zero-order chi connectivity index (χ0) is 18.1. The van der Waals surface area contributed by atoms with Crippen LogP contribution < -0.4 is 5.32 Å². The van der Waals surface area contributed by atoms with Crippen molar-refractivity contribution in [2.75, 3.05) is 39.3 Å². The minimum atomic E-state index is -3.65. The summed E-state index contributed by atoms with van der Waals surface area (Å²) in [5, 5.41) is 3.26. The van der Waals surface area contributed by atoms with Gasteiger partial charge < -0.3 is 10.2 Å². The number of rotatable bonds is 3. The number of amides is 1. The highest BCUT2D eigenvalue weighted by Crippen LogP contribution is 2.25. The molecular weight excluding hydrogens is 374 g/mol. The van der Waals surface area contributed by atoms with E-state index in [1.165, 1.54) is 4.31 Å². The van der Waals surface area contributed by atoms with Crippen LogP contribution in [0.15, 0.2) is 23.1 Å². The van der Waals surface area contributed by atoms with Crippen molar-refractivity contribution in [3.63, 3.8) is 0 Å². The van der Waals surface area contributed by atoms with E-state index in [-0.39, 0.29) is 16.7 Å². The third-order valence-electron chi connectivity index (χ3n) is 5.06. The van der Waals surface area contributed by atoms with Gasteiger partial charge in [-0.3, -0.25) is 4.79 Å². The first-order valence-corrected chi connectivity index (χ1v) is 11.0. The molecule has 4 rings (SSSR count). The lowest BCUT2D eigenvalue weighted by Crippen LogP contribution is -2.53. The molecule has 140 valence electrons. The van der Waals surface area contributed by atoms with Crippen LogP contribution in [-0.2, 0) is 14.8 Å². The van der Waals surface area contributed by atoms with E-state index < -0.39 is 10.0 Å². The number of hydrogen-bond donors (Lipinski definition) is 1. The van der Waals surface area contributed by atoms with Gasteiger partial charge in [-0.2, -0.15) is 13.1 Å². The fraction of sp³-hybridized carbons (Fsp3) is 0.562. The molecule has 3 heterocycles. The first-order chi connectivity index (χ1) is 12.6. The highest BCUT2D eigenvalue weighted by Gasteiger charge is 2.34. The van der Waals surface area contributed by atoms with E-state index in [0.717, 1.165) is 37.7 Å². The lowest BCUT2D eigenvalue weighted by Gasteiger charge is -2.36. The van der Waals surface area contributed by atoms with Gasteiger partial charge in [0.25, 0.3) is 0 Å². The zero-order valence-corrected chi connectivity index (χ0v) is 15.9. The Kier molecular flexibility index (Phi) is 4.91. The molecule has 2 fully saturated rings. The van der Waals surface area contributed by atoms with Gasteiger partial charge in [0.1, 0.15) is 15.9 Å². The van der Waals surface area contributed by atoms with E-state index in [1.54, 1.807) is 23.1 Å². The SMILES string of the molecule is O=C(C1CCCNC1)N1CCN(S(=O)(=O)c2cccc3nsnc23)CC1. The minimum Gasteiger partial charge on any atom is -0.340 e. The molecule has 1 atom stereocenters. The molecule has 2 aliphatic rings. The summed E-state index contributed by atoms with van der Waals surface area (Å²) in [7, 11) is -3.65. The molecule has 0 bridgehead atoms. The molecule has 26 heavy (non-hydrogen) atoms. The minimum absolute atomic E-state index is 0.0155. The van der Waals surface area contributed by atoms with Gasteiger partial charge in [0.2, 0.25) is 15.9 Å². The summed E-state index contributed by atoms with van der Waals surface area (Å²) in [4.78, 5) is 14.6. The number of aromatic nitrogens is 2. The Morgan fingerprint density at radius 2 is 2.00 bits per heavy atom. The number of piperidine rings is 1. The third kappa shape index (κ3) is 3.22. The van der Waals surface area contributed by atoms with E-state index in [9.17, 15) is 13.2 Å². The summed E-state index contributed by atoms with van der Waals surface area (Å²) < 4.78 is 35.8. The first-order valence-electron chi connectivity index (χ1n) is 8.78. The molecule has 1 aromatic heterocycles. The summed E-state index contributed by atoms with van der Waals surface area (Å²) in [5.41, 5.74) is 1.01. The number of hydrogen-bond acceptors (Lipinski definition) is 7. The van der Waals surface area contributed by atoms with Crippen LogP contribution in [0.1, 0.15) is 12.8 Å². The van der Waals surface area contributed by atoms with Crippen molar-refractivity contribution in [1.82, 2.24) is 23.3 Å². The Morgan fingerprint density at radius 3 is 2.73 bits per heavy atom. The van der Waals surface area contributed by atoms with Gasteiger partial charge in [0.15, 0.2) is 0 Å². The van der Waals surface area contributed by atoms with E-state index >= 15 is 0 Å². The van der Waals surface area contributed by atoms with Crippen molar-refractivity contribution in [3.8, 4) is 0 Å². The Hall–Kier alpha value is -1.62. The van der Waals surface area contributed by atoms with E-state index in [0.29, 0.717) is 37.2 Å². The van der Waals surface area contributed by atoms with Crippen LogP contribution in [-0.4, -0.2) is 71.5 Å². The maximum Gasteiger partial charge on any atom is 0.245 e. The van der Waals surface area contributed by atoms with Crippen LogP contribution in [0.25, 0.3) is 11.0 Å². The van der Waals surface area contributed by atoms with Crippen molar-refractivity contribution < 1.29 is 13.2 Å². The third-order valence-corrected chi connectivity index (χ3v) is 7.54. The van der Waals surface area contributed by atoms with Crippen LogP contribution in [0.2, 0.25) is 0 Å². The van der Waals surface area contributed by atoms with Gasteiger partial charge in [-0.05, 0) is 31.5 Å². The zero-order valence-electron chi connectivity index (χ0n) is 14.3. The molecule has 0 spiro atoms. The topological polar surface area (TPSA) is 95.5 Å². The maximum absolute atomic E-state index is 13.0. The van der Waals surface area contributed by atoms with Gasteiger partial charge in [-0.15, -0.1) is 0 Å². The molecule has 2 aromatic rings. The normalized spacial score (nSPS) is 22.6. The summed E-state index contributed by atoms with van der Waals surface area (Å²) >= 11 is 1.01. The molecule has 10 heteroatoms. The number of nitrogens with zero attached hydrogens (tertiary/aromatic N) is 4. The van der Waals surface area contributed by atoms with E-state index in [2.05, 4.69) is 14.1 Å². The molecule has 0 aliphatic carbocycles. The van der Waals surface area contributed by atoms with Crippen LogP contribution >= 0.6 is 11.7 Å².